The van der Waals surface area contributed by atoms with Gasteiger partial charge in [-0.05, 0) is 38.5 Å². The van der Waals surface area contributed by atoms with Crippen LogP contribution in [-0.2, 0) is 4.74 Å². The fourth-order valence-electron chi connectivity index (χ4n) is 2.35. The van der Waals surface area contributed by atoms with Gasteiger partial charge in [-0.15, -0.1) is 0 Å². The van der Waals surface area contributed by atoms with E-state index in [-0.39, 0.29) is 6.10 Å². The molecule has 0 aliphatic heterocycles. The quantitative estimate of drug-likeness (QED) is 0.756. The van der Waals surface area contributed by atoms with Crippen molar-refractivity contribution in [3.05, 3.63) is 22.2 Å². The highest BCUT2D eigenvalue weighted by atomic mass is 35.5. The van der Waals surface area contributed by atoms with Crippen molar-refractivity contribution in [2.24, 2.45) is 5.92 Å². The molecule has 1 unspecified atom stereocenters. The minimum Gasteiger partial charge on any atom is -0.370 e. The average Bonchev–Trinajstić information content (AvgIpc) is 3.07. The zero-order valence-corrected chi connectivity index (χ0v) is 12.3. The molecular formula is C14H21ClN2O. The van der Waals surface area contributed by atoms with Crippen LogP contribution in [0.3, 0.4) is 0 Å². The Kier molecular flexibility index (Phi) is 4.23. The van der Waals surface area contributed by atoms with E-state index in [1.807, 2.05) is 13.8 Å². The van der Waals surface area contributed by atoms with Crippen molar-refractivity contribution in [3.63, 3.8) is 0 Å². The monoisotopic (exact) mass is 268 g/mol. The third-order valence-corrected chi connectivity index (χ3v) is 3.62. The lowest BCUT2D eigenvalue weighted by Gasteiger charge is -2.18. The van der Waals surface area contributed by atoms with Crippen molar-refractivity contribution >= 4 is 11.6 Å². The van der Waals surface area contributed by atoms with Crippen molar-refractivity contribution in [2.45, 2.75) is 52.6 Å². The lowest BCUT2D eigenvalue weighted by Crippen LogP contribution is -2.13. The first-order valence-electron chi connectivity index (χ1n) is 6.70. The topological polar surface area (TPSA) is 35.0 Å². The van der Waals surface area contributed by atoms with Crippen LogP contribution in [0.15, 0.2) is 0 Å². The predicted octanol–water partition coefficient (Wildman–Crippen LogP) is 4.05. The molecule has 3 nitrogen and oxygen atoms in total. The van der Waals surface area contributed by atoms with Gasteiger partial charge in [0.25, 0.3) is 0 Å². The smallest absolute Gasteiger partial charge is 0.159 e. The Morgan fingerprint density at radius 2 is 2.00 bits per heavy atom. The number of hydrogen-bond acceptors (Lipinski definition) is 3. The highest BCUT2D eigenvalue weighted by molar-refractivity contribution is 6.30. The second-order valence-corrected chi connectivity index (χ2v) is 5.60. The van der Waals surface area contributed by atoms with Gasteiger partial charge in [-0.25, -0.2) is 9.97 Å². The molecule has 1 atom stereocenters. The second kappa shape index (κ2) is 5.54. The molecule has 1 aliphatic rings. The number of hydrogen-bond donors (Lipinski definition) is 0. The van der Waals surface area contributed by atoms with Gasteiger partial charge in [-0.3, -0.25) is 0 Å². The van der Waals surface area contributed by atoms with Gasteiger partial charge in [0.15, 0.2) is 5.82 Å². The van der Waals surface area contributed by atoms with Crippen molar-refractivity contribution in [1.82, 2.24) is 9.97 Å². The molecule has 1 aromatic rings. The third-order valence-electron chi connectivity index (χ3n) is 3.34. The maximum absolute atomic E-state index is 6.29. The fraction of sp³-hybridized carbons (Fsp3) is 0.714. The molecule has 18 heavy (non-hydrogen) atoms. The summed E-state index contributed by atoms with van der Waals surface area (Å²) in [4.78, 5) is 9.08. The Bertz CT molecular complexity index is 407. The van der Waals surface area contributed by atoms with Gasteiger partial charge >= 0.3 is 0 Å². The fourth-order valence-corrected chi connectivity index (χ4v) is 2.79. The van der Waals surface area contributed by atoms with Crippen LogP contribution in [-0.4, -0.2) is 16.6 Å². The van der Waals surface area contributed by atoms with E-state index in [4.69, 9.17) is 16.3 Å². The van der Waals surface area contributed by atoms with Crippen LogP contribution < -0.4 is 0 Å². The maximum atomic E-state index is 6.29. The Morgan fingerprint density at radius 1 is 1.33 bits per heavy atom. The van der Waals surface area contributed by atoms with Gasteiger partial charge in [-0.1, -0.05) is 25.4 Å². The SMILES string of the molecule is CCOC(c1nc(C)c(C(C)C)c(Cl)n1)C1CC1. The Balaban J connectivity index is 2.33. The molecule has 0 amide bonds. The zero-order chi connectivity index (χ0) is 13.3. The number of nitrogens with zero attached hydrogens (tertiary/aromatic N) is 2. The van der Waals surface area contributed by atoms with Gasteiger partial charge in [0.2, 0.25) is 0 Å². The molecule has 0 radical (unpaired) electrons. The molecule has 1 saturated carbocycles. The molecule has 4 heteroatoms. The largest absolute Gasteiger partial charge is 0.370 e. The summed E-state index contributed by atoms with van der Waals surface area (Å²) in [5.41, 5.74) is 2.02. The van der Waals surface area contributed by atoms with Gasteiger partial charge < -0.3 is 4.74 Å². The summed E-state index contributed by atoms with van der Waals surface area (Å²) >= 11 is 6.29. The van der Waals surface area contributed by atoms with Crippen LogP contribution in [0, 0.1) is 12.8 Å². The predicted molar refractivity (Wildman–Crippen MR) is 73.0 cm³/mol. The van der Waals surface area contributed by atoms with E-state index < -0.39 is 0 Å². The van der Waals surface area contributed by atoms with E-state index in [1.165, 1.54) is 12.8 Å². The average molecular weight is 269 g/mol. The molecule has 0 aromatic carbocycles. The Morgan fingerprint density at radius 3 is 2.44 bits per heavy atom. The van der Waals surface area contributed by atoms with Crippen molar-refractivity contribution in [2.75, 3.05) is 6.61 Å². The first-order chi connectivity index (χ1) is 8.54. The summed E-state index contributed by atoms with van der Waals surface area (Å²) in [6.45, 7) is 8.91. The van der Waals surface area contributed by atoms with Gasteiger partial charge in [0, 0.05) is 17.9 Å². The molecule has 0 N–H and O–H groups in total. The molecule has 0 spiro atoms. The van der Waals surface area contributed by atoms with Crippen molar-refractivity contribution < 1.29 is 4.74 Å². The van der Waals surface area contributed by atoms with E-state index in [0.29, 0.717) is 23.6 Å². The molecule has 0 bridgehead atoms. The highest BCUT2D eigenvalue weighted by Gasteiger charge is 2.35. The van der Waals surface area contributed by atoms with Gasteiger partial charge in [0.05, 0.1) is 0 Å². The van der Waals surface area contributed by atoms with Crippen LogP contribution >= 0.6 is 11.6 Å². The van der Waals surface area contributed by atoms with Gasteiger partial charge in [0.1, 0.15) is 11.3 Å². The number of aromatic nitrogens is 2. The second-order valence-electron chi connectivity index (χ2n) is 5.24. The molecule has 0 saturated heterocycles. The molecule has 1 aromatic heterocycles. The first kappa shape index (κ1) is 13.8. The molecule has 100 valence electrons. The number of rotatable bonds is 5. The zero-order valence-electron chi connectivity index (χ0n) is 11.5. The van der Waals surface area contributed by atoms with Crippen LogP contribution in [0.2, 0.25) is 5.15 Å². The lowest BCUT2D eigenvalue weighted by molar-refractivity contribution is 0.0399. The Labute approximate surface area is 114 Å². The summed E-state index contributed by atoms with van der Waals surface area (Å²) in [5, 5.41) is 0.581. The van der Waals surface area contributed by atoms with Crippen molar-refractivity contribution in [1.29, 1.82) is 0 Å². The first-order valence-corrected chi connectivity index (χ1v) is 7.07. The van der Waals surface area contributed by atoms with Crippen LogP contribution in [0.25, 0.3) is 0 Å². The Hall–Kier alpha value is -0.670. The standard InChI is InChI=1S/C14H21ClN2O/c1-5-18-12(10-6-7-10)14-16-9(4)11(8(2)3)13(15)17-14/h8,10,12H,5-7H2,1-4H3. The number of ether oxygens (including phenoxy) is 1. The minimum atomic E-state index is 0.0208. The summed E-state index contributed by atoms with van der Waals surface area (Å²) in [7, 11) is 0. The normalized spacial score (nSPS) is 17.2. The summed E-state index contributed by atoms with van der Waals surface area (Å²) < 4.78 is 5.78. The number of halogens is 1. The molecule has 1 heterocycles. The lowest BCUT2D eigenvalue weighted by atomic mass is 10.0. The molecule has 1 aliphatic carbocycles. The summed E-state index contributed by atoms with van der Waals surface area (Å²) in [6.07, 6.45) is 2.43. The van der Waals surface area contributed by atoms with Crippen LogP contribution in [0.5, 0.6) is 0 Å². The van der Waals surface area contributed by atoms with Crippen LogP contribution in [0.1, 0.15) is 62.7 Å². The molecule has 2 rings (SSSR count). The summed E-state index contributed by atoms with van der Waals surface area (Å²) in [6, 6.07) is 0. The third kappa shape index (κ3) is 2.83. The number of aryl methyl sites for hydroxylation is 1. The van der Waals surface area contributed by atoms with E-state index in [0.717, 1.165) is 17.1 Å². The van der Waals surface area contributed by atoms with E-state index in [2.05, 4.69) is 23.8 Å². The summed E-state index contributed by atoms with van der Waals surface area (Å²) in [5.74, 6) is 1.68. The minimum absolute atomic E-state index is 0.0208. The van der Waals surface area contributed by atoms with E-state index in [1.54, 1.807) is 0 Å². The van der Waals surface area contributed by atoms with E-state index in [9.17, 15) is 0 Å². The highest BCUT2D eigenvalue weighted by Crippen LogP contribution is 2.42. The maximum Gasteiger partial charge on any atom is 0.159 e. The molecule has 1 fully saturated rings. The van der Waals surface area contributed by atoms with E-state index >= 15 is 0 Å². The van der Waals surface area contributed by atoms with Crippen molar-refractivity contribution in [3.8, 4) is 0 Å². The van der Waals surface area contributed by atoms with Gasteiger partial charge in [-0.2, -0.15) is 0 Å². The van der Waals surface area contributed by atoms with Crippen LogP contribution in [0.4, 0.5) is 0 Å². The molecular weight excluding hydrogens is 248 g/mol.